The van der Waals surface area contributed by atoms with Crippen LogP contribution in [-0.4, -0.2) is 57.4 Å². The van der Waals surface area contributed by atoms with Gasteiger partial charge in [0.1, 0.15) is 5.82 Å². The summed E-state index contributed by atoms with van der Waals surface area (Å²) in [5, 5.41) is 4.78. The minimum Gasteiger partial charge on any atom is -0.354 e. The third kappa shape index (κ3) is 3.38. The first-order valence-electron chi connectivity index (χ1n) is 7.30. The third-order valence-corrected chi connectivity index (χ3v) is 4.27. The summed E-state index contributed by atoms with van der Waals surface area (Å²) in [5.74, 6) is 2.43. The molecule has 3 heterocycles. The Labute approximate surface area is 134 Å². The first-order chi connectivity index (χ1) is 10.7. The van der Waals surface area contributed by atoms with Gasteiger partial charge in [0, 0.05) is 44.9 Å². The number of hydrogen-bond donors (Lipinski definition) is 0. The predicted molar refractivity (Wildman–Crippen MR) is 85.1 cm³/mol. The fourth-order valence-corrected chi connectivity index (χ4v) is 2.90. The maximum absolute atomic E-state index is 5.02. The molecule has 118 valence electrons. The average molecular weight is 320 g/mol. The van der Waals surface area contributed by atoms with Gasteiger partial charge in [-0.1, -0.05) is 16.9 Å². The van der Waals surface area contributed by atoms with E-state index in [9.17, 15) is 0 Å². The Morgan fingerprint density at radius 2 is 1.95 bits per heavy atom. The highest BCUT2D eigenvalue weighted by molar-refractivity contribution is 7.98. The molecule has 0 bridgehead atoms. The number of piperazine rings is 1. The van der Waals surface area contributed by atoms with Gasteiger partial charge >= 0.3 is 0 Å². The van der Waals surface area contributed by atoms with E-state index in [4.69, 9.17) is 4.52 Å². The Balaban J connectivity index is 1.61. The van der Waals surface area contributed by atoms with E-state index in [1.807, 2.05) is 19.4 Å². The van der Waals surface area contributed by atoms with Crippen LogP contribution in [0.1, 0.15) is 17.3 Å². The lowest BCUT2D eigenvalue weighted by Crippen LogP contribution is -2.46. The Hall–Kier alpha value is -1.67. The molecular weight excluding hydrogens is 300 g/mol. The Morgan fingerprint density at radius 1 is 1.18 bits per heavy atom. The van der Waals surface area contributed by atoms with E-state index in [0.717, 1.165) is 55.1 Å². The van der Waals surface area contributed by atoms with Crippen molar-refractivity contribution in [3.8, 4) is 0 Å². The Bertz CT molecular complexity index is 638. The Kier molecular flexibility index (Phi) is 4.58. The van der Waals surface area contributed by atoms with Crippen LogP contribution in [0.4, 0.5) is 5.82 Å². The van der Waals surface area contributed by atoms with Crippen LogP contribution in [0.2, 0.25) is 0 Å². The average Bonchev–Trinajstić information content (AvgIpc) is 2.94. The van der Waals surface area contributed by atoms with Crippen LogP contribution >= 0.6 is 11.8 Å². The predicted octanol–water partition coefficient (Wildman–Crippen LogP) is 1.52. The molecule has 0 spiro atoms. The van der Waals surface area contributed by atoms with Crippen molar-refractivity contribution in [2.45, 2.75) is 25.5 Å². The van der Waals surface area contributed by atoms with Crippen molar-refractivity contribution in [1.29, 1.82) is 0 Å². The van der Waals surface area contributed by atoms with Gasteiger partial charge < -0.3 is 9.42 Å². The van der Waals surface area contributed by atoms with Crippen molar-refractivity contribution < 1.29 is 4.52 Å². The summed E-state index contributed by atoms with van der Waals surface area (Å²) in [7, 11) is 0. The SMILES string of the molecule is CSc1ncc(C)c(N2CCN(Cc3noc(C)n3)CC2)n1. The number of anilines is 1. The number of nitrogens with zero attached hydrogens (tertiary/aromatic N) is 6. The van der Waals surface area contributed by atoms with Gasteiger partial charge in [0.25, 0.3) is 0 Å². The van der Waals surface area contributed by atoms with Crippen molar-refractivity contribution in [3.05, 3.63) is 23.5 Å². The summed E-state index contributed by atoms with van der Waals surface area (Å²) < 4.78 is 5.02. The lowest BCUT2D eigenvalue weighted by Gasteiger charge is -2.35. The van der Waals surface area contributed by atoms with Crippen molar-refractivity contribution >= 4 is 17.6 Å². The van der Waals surface area contributed by atoms with Gasteiger partial charge in [0.2, 0.25) is 5.89 Å². The topological polar surface area (TPSA) is 71.2 Å². The second-order valence-electron chi connectivity index (χ2n) is 5.36. The molecule has 0 N–H and O–H groups in total. The van der Waals surface area contributed by atoms with Gasteiger partial charge in [-0.2, -0.15) is 4.98 Å². The Morgan fingerprint density at radius 3 is 2.59 bits per heavy atom. The zero-order chi connectivity index (χ0) is 15.5. The van der Waals surface area contributed by atoms with Crippen LogP contribution in [-0.2, 0) is 6.54 Å². The van der Waals surface area contributed by atoms with Crippen molar-refractivity contribution in [1.82, 2.24) is 25.0 Å². The number of rotatable bonds is 4. The molecule has 7 nitrogen and oxygen atoms in total. The smallest absolute Gasteiger partial charge is 0.223 e. The van der Waals surface area contributed by atoms with Gasteiger partial charge in [-0.3, -0.25) is 4.90 Å². The molecule has 22 heavy (non-hydrogen) atoms. The second-order valence-corrected chi connectivity index (χ2v) is 6.13. The summed E-state index contributed by atoms with van der Waals surface area (Å²) in [4.78, 5) is 17.9. The van der Waals surface area contributed by atoms with Crippen LogP contribution in [0.5, 0.6) is 0 Å². The molecule has 2 aromatic heterocycles. The van der Waals surface area contributed by atoms with Crippen molar-refractivity contribution in [2.24, 2.45) is 0 Å². The summed E-state index contributed by atoms with van der Waals surface area (Å²) in [6, 6.07) is 0. The molecule has 1 aliphatic heterocycles. The van der Waals surface area contributed by atoms with E-state index in [0.29, 0.717) is 5.89 Å². The third-order valence-electron chi connectivity index (χ3n) is 3.71. The molecule has 0 aromatic carbocycles. The molecule has 2 aromatic rings. The second kappa shape index (κ2) is 6.62. The maximum Gasteiger partial charge on any atom is 0.223 e. The largest absolute Gasteiger partial charge is 0.354 e. The van der Waals surface area contributed by atoms with Crippen LogP contribution in [0, 0.1) is 13.8 Å². The minimum atomic E-state index is 0.620. The fraction of sp³-hybridized carbons (Fsp3) is 0.571. The van der Waals surface area contributed by atoms with Crippen molar-refractivity contribution in [3.63, 3.8) is 0 Å². The number of hydrogen-bond acceptors (Lipinski definition) is 8. The molecule has 1 saturated heterocycles. The van der Waals surface area contributed by atoms with E-state index >= 15 is 0 Å². The number of thioether (sulfide) groups is 1. The summed E-state index contributed by atoms with van der Waals surface area (Å²) in [6.07, 6.45) is 3.90. The monoisotopic (exact) mass is 320 g/mol. The molecular formula is C14H20N6OS. The lowest BCUT2D eigenvalue weighted by atomic mass is 10.2. The molecule has 0 radical (unpaired) electrons. The lowest BCUT2D eigenvalue weighted by molar-refractivity contribution is 0.239. The molecule has 0 saturated carbocycles. The highest BCUT2D eigenvalue weighted by Gasteiger charge is 2.21. The molecule has 0 aliphatic carbocycles. The molecule has 0 atom stereocenters. The van der Waals surface area contributed by atoms with Gasteiger partial charge in [-0.05, 0) is 13.2 Å². The van der Waals surface area contributed by atoms with E-state index in [1.54, 1.807) is 11.8 Å². The molecule has 1 fully saturated rings. The number of aromatic nitrogens is 4. The van der Waals surface area contributed by atoms with Crippen molar-refractivity contribution in [2.75, 3.05) is 37.3 Å². The van der Waals surface area contributed by atoms with E-state index in [1.165, 1.54) is 0 Å². The van der Waals surface area contributed by atoms with Gasteiger partial charge in [-0.25, -0.2) is 9.97 Å². The van der Waals surface area contributed by atoms with Crippen LogP contribution in [0.3, 0.4) is 0 Å². The van der Waals surface area contributed by atoms with E-state index in [-0.39, 0.29) is 0 Å². The van der Waals surface area contributed by atoms with Gasteiger partial charge in [0.05, 0.1) is 6.54 Å². The normalized spacial score (nSPS) is 16.2. The fourth-order valence-electron chi connectivity index (χ4n) is 2.56. The summed E-state index contributed by atoms with van der Waals surface area (Å²) >= 11 is 1.57. The molecule has 8 heteroatoms. The van der Waals surface area contributed by atoms with Crippen LogP contribution in [0.25, 0.3) is 0 Å². The van der Waals surface area contributed by atoms with Crippen LogP contribution < -0.4 is 4.90 Å². The first kappa shape index (κ1) is 15.2. The quantitative estimate of drug-likeness (QED) is 0.620. The molecule has 0 unspecified atom stereocenters. The van der Waals surface area contributed by atoms with Gasteiger partial charge in [0.15, 0.2) is 11.0 Å². The van der Waals surface area contributed by atoms with E-state index < -0.39 is 0 Å². The summed E-state index contributed by atoms with van der Waals surface area (Å²) in [5.41, 5.74) is 1.13. The molecule has 0 amide bonds. The van der Waals surface area contributed by atoms with E-state index in [2.05, 4.69) is 36.8 Å². The highest BCUT2D eigenvalue weighted by Crippen LogP contribution is 2.21. The molecule has 3 rings (SSSR count). The summed E-state index contributed by atoms with van der Waals surface area (Å²) in [6.45, 7) is 8.44. The van der Waals surface area contributed by atoms with Gasteiger partial charge in [-0.15, -0.1) is 0 Å². The minimum absolute atomic E-state index is 0.620. The standard InChI is InChI=1S/C14H20N6OS/c1-10-8-15-14(22-3)17-13(10)20-6-4-19(5-7-20)9-12-16-11(2)21-18-12/h8H,4-7,9H2,1-3H3. The highest BCUT2D eigenvalue weighted by atomic mass is 32.2. The zero-order valence-electron chi connectivity index (χ0n) is 13.1. The first-order valence-corrected chi connectivity index (χ1v) is 8.52. The zero-order valence-corrected chi connectivity index (χ0v) is 13.9. The number of aryl methyl sites for hydroxylation is 2. The molecule has 1 aliphatic rings. The maximum atomic E-state index is 5.02. The van der Waals surface area contributed by atoms with Crippen LogP contribution in [0.15, 0.2) is 15.9 Å².